The van der Waals surface area contributed by atoms with Crippen LogP contribution < -0.4 is 4.72 Å². The average Bonchev–Trinajstić information content (AvgIpc) is 2.44. The third-order valence-corrected chi connectivity index (χ3v) is 4.66. The lowest BCUT2D eigenvalue weighted by Crippen LogP contribution is -2.19. The van der Waals surface area contributed by atoms with Gasteiger partial charge < -0.3 is 4.74 Å². The molecule has 0 bridgehead atoms. The van der Waals surface area contributed by atoms with Crippen LogP contribution >= 0.6 is 15.9 Å². The molecule has 0 saturated heterocycles. The zero-order valence-corrected chi connectivity index (χ0v) is 13.7. The van der Waals surface area contributed by atoms with Gasteiger partial charge in [0.05, 0.1) is 19.3 Å². The third-order valence-electron chi connectivity index (χ3n) is 2.88. The van der Waals surface area contributed by atoms with Gasteiger partial charge in [0, 0.05) is 10.2 Å². The van der Waals surface area contributed by atoms with Gasteiger partial charge in [-0.3, -0.25) is 9.52 Å². The summed E-state index contributed by atoms with van der Waals surface area (Å²) in [4.78, 5) is 11.0. The Balaban J connectivity index is 2.15. The minimum absolute atomic E-state index is 0.174. The summed E-state index contributed by atoms with van der Waals surface area (Å²) in [7, 11) is -2.35. The molecule has 7 heteroatoms. The maximum Gasteiger partial charge on any atom is 0.306 e. The van der Waals surface area contributed by atoms with Crippen molar-refractivity contribution in [1.82, 2.24) is 0 Å². The van der Waals surface area contributed by atoms with Crippen LogP contribution in [0.5, 0.6) is 0 Å². The summed E-state index contributed by atoms with van der Waals surface area (Å²) >= 11 is 3.39. The molecule has 0 amide bonds. The molecule has 0 spiro atoms. The molecule has 0 atom stereocenters. The van der Waals surface area contributed by atoms with Crippen LogP contribution in [0.15, 0.2) is 40.9 Å². The zero-order chi connectivity index (χ0) is 15.5. The van der Waals surface area contributed by atoms with Gasteiger partial charge in [-0.05, 0) is 35.0 Å². The van der Waals surface area contributed by atoms with Crippen molar-refractivity contribution in [3.63, 3.8) is 0 Å². The van der Waals surface area contributed by atoms with Gasteiger partial charge in [-0.15, -0.1) is 0 Å². The predicted octanol–water partition coefficient (Wildman–Crippen LogP) is 2.91. The number of hydrogen-bond acceptors (Lipinski definition) is 4. The van der Waals surface area contributed by atoms with Crippen LogP contribution in [-0.4, -0.2) is 27.2 Å². The van der Waals surface area contributed by atoms with E-state index in [4.69, 9.17) is 0 Å². The molecule has 1 N–H and O–H groups in total. The van der Waals surface area contributed by atoms with E-state index in [0.717, 1.165) is 15.2 Å². The first-order valence-electron chi connectivity index (χ1n) is 6.16. The fraction of sp³-hybridized carbons (Fsp3) is 0.214. The molecule has 2 aromatic rings. The number of benzene rings is 2. The number of halogens is 1. The molecule has 0 radical (unpaired) electrons. The summed E-state index contributed by atoms with van der Waals surface area (Å²) in [5.74, 6) is -0.860. The minimum Gasteiger partial charge on any atom is -0.469 e. The molecule has 0 aliphatic carbocycles. The maximum atomic E-state index is 11.9. The molecule has 5 nitrogen and oxygen atoms in total. The highest BCUT2D eigenvalue weighted by atomic mass is 79.9. The third kappa shape index (κ3) is 4.44. The Bertz CT molecular complexity index is 774. The van der Waals surface area contributed by atoms with E-state index in [1.54, 1.807) is 12.1 Å². The van der Waals surface area contributed by atoms with Crippen LogP contribution in [0.3, 0.4) is 0 Å². The molecule has 0 fully saturated rings. The molecular weight excluding hydrogens is 358 g/mol. The number of carbonyl (C=O) groups excluding carboxylic acids is 1. The van der Waals surface area contributed by atoms with E-state index in [1.807, 2.05) is 24.3 Å². The molecule has 0 aliphatic heterocycles. The second-order valence-electron chi connectivity index (χ2n) is 4.45. The lowest BCUT2D eigenvalue weighted by Gasteiger charge is -2.08. The van der Waals surface area contributed by atoms with Gasteiger partial charge in [-0.2, -0.15) is 0 Å². The maximum absolute atomic E-state index is 11.9. The fourth-order valence-electron chi connectivity index (χ4n) is 1.83. The largest absolute Gasteiger partial charge is 0.469 e. The molecule has 0 aliphatic rings. The summed E-state index contributed by atoms with van der Waals surface area (Å²) in [6.45, 7) is 0. The first-order valence-corrected chi connectivity index (χ1v) is 8.61. The van der Waals surface area contributed by atoms with Gasteiger partial charge in [0.1, 0.15) is 0 Å². The smallest absolute Gasteiger partial charge is 0.306 e. The van der Waals surface area contributed by atoms with Gasteiger partial charge in [0.25, 0.3) is 0 Å². The fourth-order valence-corrected chi connectivity index (χ4v) is 3.23. The van der Waals surface area contributed by atoms with Crippen molar-refractivity contribution < 1.29 is 17.9 Å². The second kappa shape index (κ2) is 6.44. The van der Waals surface area contributed by atoms with Crippen LogP contribution in [0.2, 0.25) is 0 Å². The number of rotatable bonds is 5. The molecule has 112 valence electrons. The molecule has 21 heavy (non-hydrogen) atoms. The molecule has 0 saturated carbocycles. The van der Waals surface area contributed by atoms with Crippen molar-refractivity contribution in [3.8, 4) is 0 Å². The highest BCUT2D eigenvalue weighted by Crippen LogP contribution is 2.23. The zero-order valence-electron chi connectivity index (χ0n) is 11.3. The Hall–Kier alpha value is -1.60. The molecular formula is C14H14BrNO4S. The normalized spacial score (nSPS) is 11.3. The number of fused-ring (bicyclic) bond motifs is 1. The van der Waals surface area contributed by atoms with Gasteiger partial charge >= 0.3 is 5.97 Å². The summed E-state index contributed by atoms with van der Waals surface area (Å²) in [5, 5.41) is 1.92. The van der Waals surface area contributed by atoms with Crippen molar-refractivity contribution >= 4 is 48.4 Å². The van der Waals surface area contributed by atoms with Gasteiger partial charge in [-0.1, -0.05) is 28.1 Å². The molecule has 0 unspecified atom stereocenters. The standard InChI is InChI=1S/C14H14BrNO4S/c1-20-14(17)6-7-21(18,19)16-13-5-3-10-8-12(15)4-2-11(10)9-13/h2-5,8-9,16H,6-7H2,1H3. The molecule has 2 rings (SSSR count). The Morgan fingerprint density at radius 3 is 2.57 bits per heavy atom. The Morgan fingerprint density at radius 2 is 1.86 bits per heavy atom. The van der Waals surface area contributed by atoms with Crippen LogP contribution in [0.1, 0.15) is 6.42 Å². The highest BCUT2D eigenvalue weighted by Gasteiger charge is 2.13. The lowest BCUT2D eigenvalue weighted by molar-refractivity contribution is -0.140. The summed E-state index contributed by atoms with van der Waals surface area (Å²) < 4.78 is 31.6. The summed E-state index contributed by atoms with van der Waals surface area (Å²) in [5.41, 5.74) is 0.467. The lowest BCUT2D eigenvalue weighted by atomic mass is 10.1. The number of esters is 1. The van der Waals surface area contributed by atoms with Crippen molar-refractivity contribution in [2.45, 2.75) is 6.42 Å². The quantitative estimate of drug-likeness (QED) is 0.820. The Kier molecular flexibility index (Phi) is 4.84. The van der Waals surface area contributed by atoms with E-state index in [9.17, 15) is 13.2 Å². The SMILES string of the molecule is COC(=O)CCS(=O)(=O)Nc1ccc2cc(Br)ccc2c1. The molecule has 2 aromatic carbocycles. The number of sulfonamides is 1. The summed E-state index contributed by atoms with van der Waals surface area (Å²) in [6, 6.07) is 11.0. The number of carbonyl (C=O) groups is 1. The Morgan fingerprint density at radius 1 is 1.19 bits per heavy atom. The Labute approximate surface area is 131 Å². The van der Waals surface area contributed by atoms with Crippen molar-refractivity contribution in [1.29, 1.82) is 0 Å². The molecule has 0 aromatic heterocycles. The number of hydrogen-bond donors (Lipinski definition) is 1. The second-order valence-corrected chi connectivity index (χ2v) is 7.21. The monoisotopic (exact) mass is 371 g/mol. The van der Waals surface area contributed by atoms with Crippen LogP contribution in [0.25, 0.3) is 10.8 Å². The number of nitrogens with one attached hydrogen (secondary N) is 1. The van der Waals surface area contributed by atoms with E-state index in [2.05, 4.69) is 25.4 Å². The van der Waals surface area contributed by atoms with E-state index in [1.165, 1.54) is 7.11 Å². The van der Waals surface area contributed by atoms with E-state index in [-0.39, 0.29) is 12.2 Å². The summed E-state index contributed by atoms with van der Waals surface area (Å²) in [6.07, 6.45) is -0.174. The first kappa shape index (κ1) is 15.8. The van der Waals surface area contributed by atoms with Gasteiger partial charge in [-0.25, -0.2) is 8.42 Å². The van der Waals surface area contributed by atoms with Crippen LogP contribution in [-0.2, 0) is 19.6 Å². The van der Waals surface area contributed by atoms with E-state index < -0.39 is 16.0 Å². The van der Waals surface area contributed by atoms with Gasteiger partial charge in [0.2, 0.25) is 10.0 Å². The van der Waals surface area contributed by atoms with Crippen molar-refractivity contribution in [2.24, 2.45) is 0 Å². The van der Waals surface area contributed by atoms with Crippen LogP contribution in [0, 0.1) is 0 Å². The van der Waals surface area contributed by atoms with Crippen molar-refractivity contribution in [3.05, 3.63) is 40.9 Å². The van der Waals surface area contributed by atoms with Crippen LogP contribution in [0.4, 0.5) is 5.69 Å². The number of methoxy groups -OCH3 is 1. The minimum atomic E-state index is -3.58. The molecule has 0 heterocycles. The topological polar surface area (TPSA) is 72.5 Å². The highest BCUT2D eigenvalue weighted by molar-refractivity contribution is 9.10. The van der Waals surface area contributed by atoms with Crippen molar-refractivity contribution in [2.75, 3.05) is 17.6 Å². The van der Waals surface area contributed by atoms with E-state index >= 15 is 0 Å². The number of anilines is 1. The van der Waals surface area contributed by atoms with E-state index in [0.29, 0.717) is 5.69 Å². The first-order chi connectivity index (χ1) is 9.89. The van der Waals surface area contributed by atoms with Gasteiger partial charge in [0.15, 0.2) is 0 Å². The number of ether oxygens (including phenoxy) is 1. The predicted molar refractivity (Wildman–Crippen MR) is 85.7 cm³/mol. The average molecular weight is 372 g/mol.